The Morgan fingerprint density at radius 3 is 1.91 bits per heavy atom. The first-order valence-corrected chi connectivity index (χ1v) is 6.81. The third-order valence-corrected chi connectivity index (χ3v) is 3.82. The Morgan fingerprint density at radius 1 is 0.955 bits per heavy atom. The van der Waals surface area contributed by atoms with Gasteiger partial charge in [-0.1, -0.05) is 24.3 Å². The number of carbonyl (C=O) groups excluding carboxylic acids is 2. The van der Waals surface area contributed by atoms with Gasteiger partial charge in [-0.15, -0.1) is 0 Å². The van der Waals surface area contributed by atoms with Gasteiger partial charge in [0, 0.05) is 0 Å². The maximum atomic E-state index is 12.3. The van der Waals surface area contributed by atoms with Crippen LogP contribution in [-0.4, -0.2) is 22.9 Å². The Hall–Kier alpha value is -2.95. The maximum Gasteiger partial charge on any atom is 0.310 e. The van der Waals surface area contributed by atoms with Crippen molar-refractivity contribution in [2.24, 2.45) is 0 Å². The smallest absolute Gasteiger partial charge is 0.310 e. The Morgan fingerprint density at radius 2 is 1.45 bits per heavy atom. The average molecular weight is 295 g/mol. The van der Waals surface area contributed by atoms with Gasteiger partial charge in [0.05, 0.1) is 22.7 Å². The molecule has 0 saturated carbocycles. The Kier molecular flexibility index (Phi) is 3.25. The topological polar surface area (TPSA) is 74.7 Å². The molecule has 0 bridgehead atoms. The number of carboxylic acids is 1. The molecule has 3 rings (SSSR count). The van der Waals surface area contributed by atoms with E-state index in [4.69, 9.17) is 5.11 Å². The third-order valence-electron chi connectivity index (χ3n) is 3.82. The second kappa shape index (κ2) is 5.11. The molecule has 0 radical (unpaired) electrons. The first kappa shape index (κ1) is 14.0. The Bertz CT molecular complexity index is 745. The van der Waals surface area contributed by atoms with Gasteiger partial charge in [0.2, 0.25) is 0 Å². The summed E-state index contributed by atoms with van der Waals surface area (Å²) < 4.78 is 0. The van der Waals surface area contributed by atoms with Crippen molar-refractivity contribution in [1.29, 1.82) is 0 Å². The van der Waals surface area contributed by atoms with Crippen molar-refractivity contribution in [2.75, 3.05) is 4.90 Å². The van der Waals surface area contributed by atoms with E-state index < -0.39 is 11.9 Å². The highest BCUT2D eigenvalue weighted by molar-refractivity contribution is 6.34. The number of benzene rings is 2. The molecular formula is C17H13NO4. The fourth-order valence-electron chi connectivity index (χ4n) is 2.48. The van der Waals surface area contributed by atoms with Crippen LogP contribution in [0.15, 0.2) is 48.5 Å². The van der Waals surface area contributed by atoms with E-state index in [2.05, 4.69) is 0 Å². The molecule has 1 N–H and O–H groups in total. The summed E-state index contributed by atoms with van der Waals surface area (Å²) >= 11 is 0. The maximum absolute atomic E-state index is 12.3. The van der Waals surface area contributed by atoms with Gasteiger partial charge in [0.25, 0.3) is 11.8 Å². The molecule has 5 heteroatoms. The van der Waals surface area contributed by atoms with E-state index in [-0.39, 0.29) is 11.8 Å². The molecule has 1 aliphatic heterocycles. The van der Waals surface area contributed by atoms with Gasteiger partial charge in [-0.05, 0) is 36.8 Å². The summed E-state index contributed by atoms with van der Waals surface area (Å²) in [5.41, 5.74) is 1.83. The summed E-state index contributed by atoms with van der Waals surface area (Å²) in [5, 5.41) is 9.00. The molecular weight excluding hydrogens is 282 g/mol. The number of hydrogen-bond acceptors (Lipinski definition) is 3. The molecule has 2 aromatic rings. The minimum absolute atomic E-state index is 0.361. The SMILES string of the molecule is CC(C(=O)O)c1ccc(N2C(=O)c3ccccc3C2=O)cc1. The lowest BCUT2D eigenvalue weighted by molar-refractivity contribution is -0.138. The number of fused-ring (bicyclic) bond motifs is 1. The number of imide groups is 1. The van der Waals surface area contributed by atoms with E-state index in [0.717, 1.165) is 4.90 Å². The van der Waals surface area contributed by atoms with Crippen LogP contribution in [0.5, 0.6) is 0 Å². The van der Waals surface area contributed by atoms with Gasteiger partial charge in [0.1, 0.15) is 0 Å². The highest BCUT2D eigenvalue weighted by atomic mass is 16.4. The fourth-order valence-corrected chi connectivity index (χ4v) is 2.48. The van der Waals surface area contributed by atoms with Crippen molar-refractivity contribution < 1.29 is 19.5 Å². The summed E-state index contributed by atoms with van der Waals surface area (Å²) in [6, 6.07) is 13.1. The highest BCUT2D eigenvalue weighted by Gasteiger charge is 2.36. The van der Waals surface area contributed by atoms with Crippen molar-refractivity contribution >= 4 is 23.5 Å². The van der Waals surface area contributed by atoms with Gasteiger partial charge in [-0.25, -0.2) is 4.90 Å². The van der Waals surface area contributed by atoms with Crippen molar-refractivity contribution in [3.63, 3.8) is 0 Å². The lowest BCUT2D eigenvalue weighted by Gasteiger charge is -2.15. The summed E-state index contributed by atoms with van der Waals surface area (Å²) in [6.07, 6.45) is 0. The lowest BCUT2D eigenvalue weighted by Crippen LogP contribution is -2.29. The second-order valence-electron chi connectivity index (χ2n) is 5.14. The Labute approximate surface area is 126 Å². The number of carboxylic acid groups (broad SMARTS) is 1. The summed E-state index contributed by atoms with van der Waals surface area (Å²) in [5.74, 6) is -2.29. The number of anilines is 1. The predicted octanol–water partition coefficient (Wildman–Crippen LogP) is 2.68. The van der Waals surface area contributed by atoms with Crippen molar-refractivity contribution in [1.82, 2.24) is 0 Å². The van der Waals surface area contributed by atoms with E-state index in [1.54, 1.807) is 55.5 Å². The second-order valence-corrected chi connectivity index (χ2v) is 5.14. The Balaban J connectivity index is 1.95. The number of nitrogens with zero attached hydrogens (tertiary/aromatic N) is 1. The van der Waals surface area contributed by atoms with Crippen LogP contribution < -0.4 is 4.90 Å². The van der Waals surface area contributed by atoms with Gasteiger partial charge < -0.3 is 5.11 Å². The average Bonchev–Trinajstić information content (AvgIpc) is 2.79. The van der Waals surface area contributed by atoms with Crippen LogP contribution in [0.2, 0.25) is 0 Å². The molecule has 1 atom stereocenters. The molecule has 1 heterocycles. The molecule has 110 valence electrons. The summed E-state index contributed by atoms with van der Waals surface area (Å²) in [4.78, 5) is 36.8. The number of rotatable bonds is 3. The number of carbonyl (C=O) groups is 3. The summed E-state index contributed by atoms with van der Waals surface area (Å²) in [6.45, 7) is 1.58. The zero-order valence-electron chi connectivity index (χ0n) is 11.8. The predicted molar refractivity (Wildman–Crippen MR) is 80.1 cm³/mol. The minimum Gasteiger partial charge on any atom is -0.481 e. The quantitative estimate of drug-likeness (QED) is 0.883. The molecule has 1 aliphatic rings. The zero-order chi connectivity index (χ0) is 15.9. The van der Waals surface area contributed by atoms with Gasteiger partial charge in [-0.2, -0.15) is 0 Å². The van der Waals surface area contributed by atoms with Gasteiger partial charge in [-0.3, -0.25) is 14.4 Å². The van der Waals surface area contributed by atoms with E-state index >= 15 is 0 Å². The van der Waals surface area contributed by atoms with Crippen LogP contribution in [0.25, 0.3) is 0 Å². The van der Waals surface area contributed by atoms with Crippen LogP contribution in [0.1, 0.15) is 39.1 Å². The molecule has 0 spiro atoms. The molecule has 0 fully saturated rings. The van der Waals surface area contributed by atoms with Gasteiger partial charge in [0.15, 0.2) is 0 Å². The molecule has 0 aliphatic carbocycles. The molecule has 0 aromatic heterocycles. The van der Waals surface area contributed by atoms with E-state index in [1.807, 2.05) is 0 Å². The van der Waals surface area contributed by atoms with Crippen molar-refractivity contribution in [3.8, 4) is 0 Å². The zero-order valence-corrected chi connectivity index (χ0v) is 11.8. The normalized spacial score (nSPS) is 14.9. The number of amides is 2. The molecule has 0 saturated heterocycles. The molecule has 5 nitrogen and oxygen atoms in total. The monoisotopic (exact) mass is 295 g/mol. The molecule has 2 amide bonds. The number of hydrogen-bond donors (Lipinski definition) is 1. The number of aliphatic carboxylic acids is 1. The van der Waals surface area contributed by atoms with Crippen molar-refractivity contribution in [3.05, 3.63) is 65.2 Å². The first-order chi connectivity index (χ1) is 10.5. The first-order valence-electron chi connectivity index (χ1n) is 6.81. The lowest BCUT2D eigenvalue weighted by atomic mass is 10.0. The van der Waals surface area contributed by atoms with Gasteiger partial charge >= 0.3 is 5.97 Å². The fraction of sp³-hybridized carbons (Fsp3) is 0.118. The van der Waals surface area contributed by atoms with Crippen molar-refractivity contribution in [2.45, 2.75) is 12.8 Å². The van der Waals surface area contributed by atoms with E-state index in [9.17, 15) is 14.4 Å². The van der Waals surface area contributed by atoms with Crippen LogP contribution in [-0.2, 0) is 4.79 Å². The molecule has 2 aromatic carbocycles. The van der Waals surface area contributed by atoms with Crippen LogP contribution >= 0.6 is 0 Å². The highest BCUT2D eigenvalue weighted by Crippen LogP contribution is 2.29. The standard InChI is InChI=1S/C17H13NO4/c1-10(17(21)22)11-6-8-12(9-7-11)18-15(19)13-4-2-3-5-14(13)16(18)20/h2-10H,1H3,(H,21,22). The minimum atomic E-state index is -0.923. The van der Waals surface area contributed by atoms with Crippen LogP contribution in [0, 0.1) is 0 Å². The van der Waals surface area contributed by atoms with E-state index in [0.29, 0.717) is 22.4 Å². The molecule has 1 unspecified atom stereocenters. The largest absolute Gasteiger partial charge is 0.481 e. The van der Waals surface area contributed by atoms with Crippen LogP contribution in [0.4, 0.5) is 5.69 Å². The summed E-state index contributed by atoms with van der Waals surface area (Å²) in [7, 11) is 0. The van der Waals surface area contributed by atoms with Crippen LogP contribution in [0.3, 0.4) is 0 Å². The molecule has 22 heavy (non-hydrogen) atoms. The third kappa shape index (κ3) is 2.07. The van der Waals surface area contributed by atoms with E-state index in [1.165, 1.54) is 0 Å².